The van der Waals surface area contributed by atoms with Crippen LogP contribution in [0.3, 0.4) is 0 Å². The summed E-state index contributed by atoms with van der Waals surface area (Å²) in [5.41, 5.74) is 0. The number of carboxylic acid groups (broad SMARTS) is 1. The van der Waals surface area contributed by atoms with Crippen molar-refractivity contribution in [3.8, 4) is 0 Å². The lowest BCUT2D eigenvalue weighted by Gasteiger charge is -2.28. The Kier molecular flexibility index (Phi) is 10.2. The lowest BCUT2D eigenvalue weighted by Crippen LogP contribution is -2.45. The lowest BCUT2D eigenvalue weighted by atomic mass is 10.2. The molecule has 0 aromatic rings. The van der Waals surface area contributed by atoms with Gasteiger partial charge < -0.3 is 19.1 Å². The molecule has 0 saturated heterocycles. The quantitative estimate of drug-likeness (QED) is 0.190. The summed E-state index contributed by atoms with van der Waals surface area (Å²) >= 11 is 0. The van der Waals surface area contributed by atoms with Gasteiger partial charge in [-0.15, -0.1) is 0 Å². The normalized spacial score (nSPS) is 13.6. The number of hydrogen-bond donors (Lipinski definition) is 0. The molecular weight excluding hydrogens is 282 g/mol. The fourth-order valence-electron chi connectivity index (χ4n) is 1.96. The second-order valence-electron chi connectivity index (χ2n) is 6.39. The molecule has 0 N–H and O–H groups in total. The van der Waals surface area contributed by atoms with Crippen molar-refractivity contribution in [1.82, 2.24) is 0 Å². The average Bonchev–Trinajstić information content (AvgIpc) is 2.34. The Hall–Kier alpha value is -1.62. The Morgan fingerprint density at radius 1 is 1.18 bits per heavy atom. The Morgan fingerprint density at radius 2 is 1.86 bits per heavy atom. The van der Waals surface area contributed by atoms with E-state index in [0.717, 1.165) is 12.8 Å². The number of esters is 1. The predicted octanol–water partition coefficient (Wildman–Crippen LogP) is 1.44. The average molecular weight is 311 g/mol. The van der Waals surface area contributed by atoms with Crippen LogP contribution in [-0.4, -0.2) is 50.2 Å². The second kappa shape index (κ2) is 11.0. The van der Waals surface area contributed by atoms with Crippen LogP contribution >= 0.6 is 0 Å². The fraction of sp³-hybridized carbons (Fsp3) is 0.647. The van der Waals surface area contributed by atoms with Crippen LogP contribution in [0.25, 0.3) is 0 Å². The van der Waals surface area contributed by atoms with Crippen LogP contribution < -0.4 is 5.11 Å². The summed E-state index contributed by atoms with van der Waals surface area (Å²) in [5, 5.41) is 10.7. The smallest absolute Gasteiger partial charge is 0.331 e. The number of aliphatic carboxylic acids is 1. The van der Waals surface area contributed by atoms with Crippen LogP contribution in [-0.2, 0) is 14.3 Å². The van der Waals surface area contributed by atoms with Gasteiger partial charge in [0.2, 0.25) is 0 Å². The second-order valence-corrected chi connectivity index (χ2v) is 6.39. The maximum atomic E-state index is 11.7. The van der Waals surface area contributed by atoms with Gasteiger partial charge >= 0.3 is 5.97 Å². The third kappa shape index (κ3) is 13.4. The molecule has 0 unspecified atom stereocenters. The van der Waals surface area contributed by atoms with E-state index in [0.29, 0.717) is 11.0 Å². The van der Waals surface area contributed by atoms with Gasteiger partial charge in [0.15, 0.2) is 6.10 Å². The van der Waals surface area contributed by atoms with Crippen molar-refractivity contribution in [2.24, 2.45) is 0 Å². The van der Waals surface area contributed by atoms with Crippen molar-refractivity contribution in [3.63, 3.8) is 0 Å². The third-order valence-electron chi connectivity index (χ3n) is 2.88. The molecule has 0 amide bonds. The van der Waals surface area contributed by atoms with Crippen LogP contribution in [0.1, 0.15) is 39.0 Å². The molecule has 5 heteroatoms. The first-order valence-electron chi connectivity index (χ1n) is 7.78. The molecule has 0 rings (SSSR count). The molecule has 0 heterocycles. The first-order valence-corrected chi connectivity index (χ1v) is 7.78. The van der Waals surface area contributed by atoms with Crippen molar-refractivity contribution in [2.75, 3.05) is 27.7 Å². The molecule has 0 aromatic heterocycles. The standard InChI is InChI=1S/C17H29NO4/c1-5-6-7-8-9-10-11-12-17(21)22-15(13-16(19)20)14-18(2,3)4/h9-12,15H,5-8,13-14H2,1-4H3/b10-9-,12-11+/t15-/m1/s1. The molecule has 0 aliphatic carbocycles. The SMILES string of the molecule is CCCCC/C=C\C=C\C(=O)O[C@H](CC(=O)[O-])C[N+](C)(C)C. The van der Waals surface area contributed by atoms with Crippen LogP contribution in [0, 0.1) is 0 Å². The van der Waals surface area contributed by atoms with Crippen molar-refractivity contribution in [3.05, 3.63) is 24.3 Å². The van der Waals surface area contributed by atoms with E-state index in [2.05, 4.69) is 6.92 Å². The monoisotopic (exact) mass is 311 g/mol. The van der Waals surface area contributed by atoms with E-state index in [1.807, 2.05) is 33.3 Å². The Labute approximate surface area is 133 Å². The summed E-state index contributed by atoms with van der Waals surface area (Å²) in [6.45, 7) is 2.57. The number of nitrogens with zero attached hydrogens (tertiary/aromatic N) is 1. The summed E-state index contributed by atoms with van der Waals surface area (Å²) in [5.74, 6) is -1.75. The Bertz CT molecular complexity index is 394. The Morgan fingerprint density at radius 3 is 2.41 bits per heavy atom. The number of carbonyl (C=O) groups excluding carboxylic acids is 2. The first-order chi connectivity index (χ1) is 10.2. The molecule has 0 fully saturated rings. The maximum absolute atomic E-state index is 11.7. The fourth-order valence-corrected chi connectivity index (χ4v) is 1.96. The van der Waals surface area contributed by atoms with E-state index in [1.54, 1.807) is 6.08 Å². The molecule has 22 heavy (non-hydrogen) atoms. The summed E-state index contributed by atoms with van der Waals surface area (Å²) in [6, 6.07) is 0. The van der Waals surface area contributed by atoms with E-state index in [-0.39, 0.29) is 6.42 Å². The van der Waals surface area contributed by atoms with E-state index in [4.69, 9.17) is 4.74 Å². The molecule has 0 radical (unpaired) electrons. The highest BCUT2D eigenvalue weighted by Crippen LogP contribution is 2.05. The van der Waals surface area contributed by atoms with Gasteiger partial charge in [0.05, 0.1) is 21.1 Å². The minimum atomic E-state index is -1.22. The lowest BCUT2D eigenvalue weighted by molar-refractivity contribution is -0.873. The van der Waals surface area contributed by atoms with Gasteiger partial charge in [0.1, 0.15) is 6.54 Å². The molecule has 0 aliphatic rings. The molecule has 0 bridgehead atoms. The first kappa shape index (κ1) is 20.4. The largest absolute Gasteiger partial charge is 0.550 e. The summed E-state index contributed by atoms with van der Waals surface area (Å²) < 4.78 is 5.69. The zero-order valence-corrected chi connectivity index (χ0v) is 14.2. The molecule has 0 aromatic carbocycles. The van der Waals surface area contributed by atoms with Crippen molar-refractivity contribution in [1.29, 1.82) is 0 Å². The minimum absolute atomic E-state index is 0.290. The number of unbranched alkanes of at least 4 members (excludes halogenated alkanes) is 3. The van der Waals surface area contributed by atoms with E-state index < -0.39 is 18.0 Å². The van der Waals surface area contributed by atoms with Gasteiger partial charge in [-0.05, 0) is 12.8 Å². The minimum Gasteiger partial charge on any atom is -0.550 e. The van der Waals surface area contributed by atoms with Gasteiger partial charge in [0, 0.05) is 18.5 Å². The Balaban J connectivity index is 4.29. The van der Waals surface area contributed by atoms with E-state index >= 15 is 0 Å². The highest BCUT2D eigenvalue weighted by Gasteiger charge is 2.21. The molecule has 126 valence electrons. The maximum Gasteiger partial charge on any atom is 0.331 e. The van der Waals surface area contributed by atoms with E-state index in [9.17, 15) is 14.7 Å². The highest BCUT2D eigenvalue weighted by atomic mass is 16.5. The van der Waals surface area contributed by atoms with Crippen LogP contribution in [0.15, 0.2) is 24.3 Å². The number of likely N-dealkylation sites (N-methyl/N-ethyl adjacent to an activating group) is 1. The third-order valence-corrected chi connectivity index (χ3v) is 2.88. The molecule has 0 spiro atoms. The topological polar surface area (TPSA) is 66.4 Å². The molecule has 5 nitrogen and oxygen atoms in total. The number of ether oxygens (including phenoxy) is 1. The van der Waals surface area contributed by atoms with Crippen molar-refractivity contribution < 1.29 is 23.9 Å². The number of carboxylic acids is 1. The zero-order chi connectivity index (χ0) is 17.0. The summed E-state index contributed by atoms with van der Waals surface area (Å²) in [6.07, 6.45) is 10.3. The number of quaternary nitrogens is 1. The molecule has 0 saturated carbocycles. The van der Waals surface area contributed by atoms with Gasteiger partial charge in [0.25, 0.3) is 0 Å². The molecule has 0 aliphatic heterocycles. The highest BCUT2D eigenvalue weighted by molar-refractivity contribution is 5.82. The van der Waals surface area contributed by atoms with Gasteiger partial charge in [-0.3, -0.25) is 0 Å². The summed E-state index contributed by atoms with van der Waals surface area (Å²) in [7, 11) is 5.72. The van der Waals surface area contributed by atoms with E-state index in [1.165, 1.54) is 18.9 Å². The van der Waals surface area contributed by atoms with Crippen molar-refractivity contribution >= 4 is 11.9 Å². The van der Waals surface area contributed by atoms with Gasteiger partial charge in [-0.2, -0.15) is 0 Å². The zero-order valence-electron chi connectivity index (χ0n) is 14.2. The van der Waals surface area contributed by atoms with Crippen LogP contribution in [0.2, 0.25) is 0 Å². The van der Waals surface area contributed by atoms with Crippen LogP contribution in [0.5, 0.6) is 0 Å². The van der Waals surface area contributed by atoms with Crippen molar-refractivity contribution in [2.45, 2.75) is 45.1 Å². The molecule has 1 atom stereocenters. The number of hydrogen-bond acceptors (Lipinski definition) is 4. The van der Waals surface area contributed by atoms with Crippen LogP contribution in [0.4, 0.5) is 0 Å². The van der Waals surface area contributed by atoms with Gasteiger partial charge in [-0.1, -0.05) is 38.0 Å². The number of allylic oxidation sites excluding steroid dienone is 3. The number of carbonyl (C=O) groups is 2. The summed E-state index contributed by atoms with van der Waals surface area (Å²) in [4.78, 5) is 22.4. The van der Waals surface area contributed by atoms with Gasteiger partial charge in [-0.25, -0.2) is 4.79 Å². The predicted molar refractivity (Wildman–Crippen MR) is 84.8 cm³/mol. The molecular formula is C17H29NO4. The number of rotatable bonds is 11.